The minimum Gasteiger partial charge on any atom is -0.352 e. The Kier molecular flexibility index (Phi) is 8.22. The molecular formula is C27H34ClN3O. The highest BCUT2D eigenvalue weighted by Gasteiger charge is 2.16. The topological polar surface area (TPSA) is 46.9 Å². The summed E-state index contributed by atoms with van der Waals surface area (Å²) >= 11 is 6.10. The van der Waals surface area contributed by atoms with Crippen LogP contribution in [0.1, 0.15) is 74.0 Å². The maximum absolute atomic E-state index is 12.3. The lowest BCUT2D eigenvalue weighted by Crippen LogP contribution is -2.24. The number of hydrogen-bond donors (Lipinski definition) is 1. The van der Waals surface area contributed by atoms with Crippen molar-refractivity contribution in [2.75, 3.05) is 6.54 Å². The molecule has 1 saturated carbocycles. The zero-order valence-electron chi connectivity index (χ0n) is 18.9. The Morgan fingerprint density at radius 1 is 1.00 bits per heavy atom. The van der Waals surface area contributed by atoms with Crippen LogP contribution in [-0.4, -0.2) is 22.0 Å². The van der Waals surface area contributed by atoms with E-state index >= 15 is 0 Å². The second kappa shape index (κ2) is 11.5. The Balaban J connectivity index is 1.26. The predicted octanol–water partition coefficient (Wildman–Crippen LogP) is 6.80. The van der Waals surface area contributed by atoms with Crippen molar-refractivity contribution in [3.8, 4) is 0 Å². The van der Waals surface area contributed by atoms with Gasteiger partial charge in [0.2, 0.25) is 0 Å². The SMILES string of the molecule is O=C(NCCCCCc1nc2ccccc2n1CCC1CCCCC1)c1ccccc1Cl. The molecule has 0 bridgehead atoms. The van der Waals surface area contributed by atoms with E-state index in [2.05, 4.69) is 34.1 Å². The smallest absolute Gasteiger partial charge is 0.252 e. The molecular weight excluding hydrogens is 418 g/mol. The van der Waals surface area contributed by atoms with Gasteiger partial charge in [-0.25, -0.2) is 4.98 Å². The van der Waals surface area contributed by atoms with Gasteiger partial charge in [-0.15, -0.1) is 0 Å². The number of halogens is 1. The van der Waals surface area contributed by atoms with E-state index in [1.165, 1.54) is 49.9 Å². The lowest BCUT2D eigenvalue weighted by Gasteiger charge is -2.22. The van der Waals surface area contributed by atoms with Crippen molar-refractivity contribution in [2.45, 2.75) is 70.8 Å². The molecule has 1 heterocycles. The summed E-state index contributed by atoms with van der Waals surface area (Å²) < 4.78 is 2.46. The van der Waals surface area contributed by atoms with Crippen LogP contribution in [0.5, 0.6) is 0 Å². The summed E-state index contributed by atoms with van der Waals surface area (Å²) in [4.78, 5) is 17.2. The van der Waals surface area contributed by atoms with Crippen LogP contribution in [0.4, 0.5) is 0 Å². The number of carbonyl (C=O) groups excluding carboxylic acids is 1. The maximum Gasteiger partial charge on any atom is 0.252 e. The van der Waals surface area contributed by atoms with Crippen LogP contribution in [0, 0.1) is 5.92 Å². The fourth-order valence-corrected chi connectivity index (χ4v) is 5.10. The Hall–Kier alpha value is -2.33. The van der Waals surface area contributed by atoms with E-state index < -0.39 is 0 Å². The van der Waals surface area contributed by atoms with Crippen LogP contribution in [0.2, 0.25) is 5.02 Å². The monoisotopic (exact) mass is 451 g/mol. The van der Waals surface area contributed by atoms with Gasteiger partial charge in [-0.1, -0.05) is 74.4 Å². The quantitative estimate of drug-likeness (QED) is 0.344. The van der Waals surface area contributed by atoms with Gasteiger partial charge in [0.1, 0.15) is 5.82 Å². The summed E-state index contributed by atoms with van der Waals surface area (Å²) in [5.74, 6) is 1.99. The van der Waals surface area contributed by atoms with Crippen LogP contribution < -0.4 is 5.32 Å². The average molecular weight is 452 g/mol. The molecule has 0 radical (unpaired) electrons. The van der Waals surface area contributed by atoms with Gasteiger partial charge in [-0.2, -0.15) is 0 Å². The average Bonchev–Trinajstić information content (AvgIpc) is 3.18. The molecule has 1 aliphatic carbocycles. The molecule has 0 saturated heterocycles. The molecule has 5 heteroatoms. The first-order valence-electron chi connectivity index (χ1n) is 12.2. The van der Waals surface area contributed by atoms with Crippen LogP contribution >= 0.6 is 11.6 Å². The first-order chi connectivity index (χ1) is 15.7. The predicted molar refractivity (Wildman–Crippen MR) is 132 cm³/mol. The number of aromatic nitrogens is 2. The van der Waals surface area contributed by atoms with Crippen LogP contribution in [0.15, 0.2) is 48.5 Å². The summed E-state index contributed by atoms with van der Waals surface area (Å²) in [5.41, 5.74) is 2.92. The van der Waals surface area contributed by atoms with Gasteiger partial charge in [-0.3, -0.25) is 4.79 Å². The van der Waals surface area contributed by atoms with Crippen LogP contribution in [0.25, 0.3) is 11.0 Å². The minimum absolute atomic E-state index is 0.0971. The van der Waals surface area contributed by atoms with Crippen molar-refractivity contribution < 1.29 is 4.79 Å². The van der Waals surface area contributed by atoms with Gasteiger partial charge in [-0.05, 0) is 49.4 Å². The standard InChI is InChI=1S/C27H34ClN3O/c28-23-14-7-6-13-22(23)27(32)29-19-10-2-5-17-26-30-24-15-8-9-16-25(24)31(26)20-18-21-11-3-1-4-12-21/h6-9,13-16,21H,1-5,10-12,17-20H2,(H,29,32). The molecule has 170 valence electrons. The fraction of sp³-hybridized carbons (Fsp3) is 0.481. The number of fused-ring (bicyclic) bond motifs is 1. The summed E-state index contributed by atoms with van der Waals surface area (Å²) in [6.45, 7) is 1.75. The minimum atomic E-state index is -0.0971. The third-order valence-corrected chi connectivity index (χ3v) is 7.03. The number of para-hydroxylation sites is 2. The number of imidazole rings is 1. The molecule has 0 spiro atoms. The van der Waals surface area contributed by atoms with Crippen molar-refractivity contribution >= 4 is 28.5 Å². The molecule has 4 nitrogen and oxygen atoms in total. The first kappa shape index (κ1) is 22.8. The lowest BCUT2D eigenvalue weighted by molar-refractivity contribution is 0.0953. The van der Waals surface area contributed by atoms with E-state index in [9.17, 15) is 4.79 Å². The maximum atomic E-state index is 12.3. The number of nitrogens with zero attached hydrogens (tertiary/aromatic N) is 2. The van der Waals surface area contributed by atoms with Crippen molar-refractivity contribution in [3.05, 3.63) is 64.9 Å². The van der Waals surface area contributed by atoms with Crippen LogP contribution in [0.3, 0.4) is 0 Å². The lowest BCUT2D eigenvalue weighted by atomic mass is 9.87. The molecule has 2 aromatic carbocycles. The number of carbonyl (C=O) groups is 1. The van der Waals surface area contributed by atoms with E-state index in [-0.39, 0.29) is 5.91 Å². The van der Waals surface area contributed by atoms with E-state index in [0.29, 0.717) is 17.1 Å². The number of hydrogen-bond acceptors (Lipinski definition) is 2. The largest absolute Gasteiger partial charge is 0.352 e. The fourth-order valence-electron chi connectivity index (χ4n) is 4.88. The Morgan fingerprint density at radius 3 is 2.62 bits per heavy atom. The molecule has 0 aliphatic heterocycles. The van der Waals surface area contributed by atoms with E-state index in [1.807, 2.05) is 12.1 Å². The summed E-state index contributed by atoms with van der Waals surface area (Å²) in [5, 5.41) is 3.48. The number of amides is 1. The molecule has 0 atom stereocenters. The molecule has 1 aliphatic rings. The highest BCUT2D eigenvalue weighted by molar-refractivity contribution is 6.33. The van der Waals surface area contributed by atoms with E-state index in [4.69, 9.17) is 16.6 Å². The Labute approximate surface area is 196 Å². The van der Waals surface area contributed by atoms with Gasteiger partial charge in [0, 0.05) is 19.5 Å². The Bertz CT molecular complexity index is 1020. The van der Waals surface area contributed by atoms with Crippen LogP contribution in [-0.2, 0) is 13.0 Å². The number of benzene rings is 2. The van der Waals surface area contributed by atoms with Crippen molar-refractivity contribution in [1.29, 1.82) is 0 Å². The van der Waals surface area contributed by atoms with Gasteiger partial charge in [0.15, 0.2) is 0 Å². The van der Waals surface area contributed by atoms with Gasteiger partial charge in [0.25, 0.3) is 5.91 Å². The van der Waals surface area contributed by atoms with E-state index in [0.717, 1.165) is 43.7 Å². The first-order valence-corrected chi connectivity index (χ1v) is 12.6. The molecule has 1 fully saturated rings. The second-order valence-corrected chi connectivity index (χ2v) is 9.41. The summed E-state index contributed by atoms with van der Waals surface area (Å²) in [6.07, 6.45) is 12.3. The summed E-state index contributed by atoms with van der Waals surface area (Å²) in [7, 11) is 0. The van der Waals surface area contributed by atoms with Crippen molar-refractivity contribution in [1.82, 2.24) is 14.9 Å². The molecule has 0 unspecified atom stereocenters. The zero-order chi connectivity index (χ0) is 22.2. The zero-order valence-corrected chi connectivity index (χ0v) is 19.6. The molecule has 1 amide bonds. The number of rotatable bonds is 10. The molecule has 1 aromatic heterocycles. The second-order valence-electron chi connectivity index (χ2n) is 9.01. The number of unbranched alkanes of at least 4 members (excludes halogenated alkanes) is 2. The number of nitrogens with one attached hydrogen (secondary N) is 1. The molecule has 32 heavy (non-hydrogen) atoms. The third kappa shape index (κ3) is 5.92. The molecule has 1 N–H and O–H groups in total. The third-order valence-electron chi connectivity index (χ3n) is 6.70. The molecule has 4 rings (SSSR count). The van der Waals surface area contributed by atoms with Crippen molar-refractivity contribution in [3.63, 3.8) is 0 Å². The normalized spacial score (nSPS) is 14.7. The molecule has 3 aromatic rings. The highest BCUT2D eigenvalue weighted by atomic mass is 35.5. The van der Waals surface area contributed by atoms with Gasteiger partial charge < -0.3 is 9.88 Å². The van der Waals surface area contributed by atoms with Gasteiger partial charge >= 0.3 is 0 Å². The Morgan fingerprint density at radius 2 is 1.78 bits per heavy atom. The number of aryl methyl sites for hydroxylation is 2. The van der Waals surface area contributed by atoms with Crippen molar-refractivity contribution in [2.24, 2.45) is 5.92 Å². The van der Waals surface area contributed by atoms with E-state index in [1.54, 1.807) is 12.1 Å². The van der Waals surface area contributed by atoms with Gasteiger partial charge in [0.05, 0.1) is 21.6 Å². The highest BCUT2D eigenvalue weighted by Crippen LogP contribution is 2.28. The summed E-state index contributed by atoms with van der Waals surface area (Å²) in [6, 6.07) is 15.7.